The summed E-state index contributed by atoms with van der Waals surface area (Å²) in [6.07, 6.45) is 1.40. The van der Waals surface area contributed by atoms with Crippen molar-refractivity contribution >= 4 is 11.8 Å². The molecule has 3 rings (SSSR count). The summed E-state index contributed by atoms with van der Waals surface area (Å²) in [5.74, 6) is -0.347. The van der Waals surface area contributed by atoms with Crippen molar-refractivity contribution in [3.8, 4) is 5.69 Å². The highest BCUT2D eigenvalue weighted by molar-refractivity contribution is 5.93. The van der Waals surface area contributed by atoms with E-state index in [2.05, 4.69) is 5.10 Å². The van der Waals surface area contributed by atoms with Gasteiger partial charge in [-0.1, -0.05) is 18.2 Å². The van der Waals surface area contributed by atoms with Gasteiger partial charge in [0.25, 0.3) is 0 Å². The summed E-state index contributed by atoms with van der Waals surface area (Å²) >= 11 is 0. The molecule has 6 heteroatoms. The number of aromatic nitrogens is 2. The highest BCUT2D eigenvalue weighted by Crippen LogP contribution is 2.25. The van der Waals surface area contributed by atoms with E-state index in [-0.39, 0.29) is 5.56 Å². The molecule has 1 saturated heterocycles. The van der Waals surface area contributed by atoms with Crippen molar-refractivity contribution in [2.24, 2.45) is 0 Å². The van der Waals surface area contributed by atoms with Gasteiger partial charge in [-0.2, -0.15) is 5.10 Å². The van der Waals surface area contributed by atoms with Gasteiger partial charge in [0.2, 0.25) is 0 Å². The molecule has 0 radical (unpaired) electrons. The topological polar surface area (TPSA) is 67.6 Å². The molecular formula is C14H15N3O3. The average Bonchev–Trinajstić information content (AvgIpc) is 2.94. The predicted molar refractivity (Wildman–Crippen MR) is 73.6 cm³/mol. The van der Waals surface area contributed by atoms with Crippen LogP contribution < -0.4 is 4.90 Å². The van der Waals surface area contributed by atoms with Gasteiger partial charge in [-0.05, 0) is 12.1 Å². The third kappa shape index (κ3) is 2.25. The van der Waals surface area contributed by atoms with Gasteiger partial charge >= 0.3 is 5.97 Å². The monoisotopic (exact) mass is 273 g/mol. The normalized spacial score (nSPS) is 15.3. The van der Waals surface area contributed by atoms with Crippen LogP contribution in [0.1, 0.15) is 10.4 Å². The molecule has 2 aromatic rings. The molecule has 0 unspecified atom stereocenters. The first kappa shape index (κ1) is 12.7. The number of carbonyl (C=O) groups is 1. The van der Waals surface area contributed by atoms with E-state index in [1.54, 1.807) is 4.68 Å². The number of aromatic carboxylic acids is 1. The Morgan fingerprint density at radius 3 is 2.55 bits per heavy atom. The minimum atomic E-state index is -0.964. The molecule has 0 aliphatic carbocycles. The Labute approximate surface area is 116 Å². The molecule has 1 fully saturated rings. The van der Waals surface area contributed by atoms with Crippen LogP contribution in [-0.4, -0.2) is 47.2 Å². The van der Waals surface area contributed by atoms with Crippen LogP contribution in [0.2, 0.25) is 0 Å². The molecule has 1 aliphatic rings. The molecule has 6 nitrogen and oxygen atoms in total. The number of para-hydroxylation sites is 1. The van der Waals surface area contributed by atoms with E-state index in [0.29, 0.717) is 32.1 Å². The third-order valence-corrected chi connectivity index (χ3v) is 3.29. The molecule has 2 heterocycles. The minimum Gasteiger partial charge on any atom is -0.477 e. The maximum absolute atomic E-state index is 11.4. The van der Waals surface area contributed by atoms with E-state index in [9.17, 15) is 9.90 Å². The summed E-state index contributed by atoms with van der Waals surface area (Å²) in [6.45, 7) is 2.52. The molecular weight excluding hydrogens is 258 g/mol. The van der Waals surface area contributed by atoms with E-state index in [0.717, 1.165) is 5.69 Å². The summed E-state index contributed by atoms with van der Waals surface area (Å²) < 4.78 is 7.00. The maximum Gasteiger partial charge on any atom is 0.341 e. The lowest BCUT2D eigenvalue weighted by Gasteiger charge is -2.29. The van der Waals surface area contributed by atoms with Gasteiger partial charge in [-0.3, -0.25) is 0 Å². The van der Waals surface area contributed by atoms with E-state index in [1.165, 1.54) is 6.20 Å². The van der Waals surface area contributed by atoms with Crippen molar-refractivity contribution in [3.63, 3.8) is 0 Å². The zero-order valence-electron chi connectivity index (χ0n) is 10.9. The van der Waals surface area contributed by atoms with Crippen molar-refractivity contribution < 1.29 is 14.6 Å². The lowest BCUT2D eigenvalue weighted by molar-refractivity contribution is 0.0696. The van der Waals surface area contributed by atoms with Crippen molar-refractivity contribution in [1.29, 1.82) is 0 Å². The van der Waals surface area contributed by atoms with E-state index >= 15 is 0 Å². The van der Waals surface area contributed by atoms with Crippen LogP contribution in [0, 0.1) is 0 Å². The van der Waals surface area contributed by atoms with Crippen LogP contribution in [0.25, 0.3) is 5.69 Å². The number of hydrogen-bond acceptors (Lipinski definition) is 4. The van der Waals surface area contributed by atoms with E-state index < -0.39 is 5.97 Å². The Morgan fingerprint density at radius 2 is 1.90 bits per heavy atom. The molecule has 20 heavy (non-hydrogen) atoms. The summed E-state index contributed by atoms with van der Waals surface area (Å²) in [7, 11) is 0. The Bertz CT molecular complexity index is 603. The first-order chi connectivity index (χ1) is 9.77. The number of rotatable bonds is 3. The summed E-state index contributed by atoms with van der Waals surface area (Å²) in [5, 5.41) is 13.6. The zero-order chi connectivity index (χ0) is 13.9. The highest BCUT2D eigenvalue weighted by Gasteiger charge is 2.24. The standard InChI is InChI=1S/C14H15N3O3/c18-14(19)12-10-15-17(11-4-2-1-3-5-11)13(12)16-6-8-20-9-7-16/h1-5,10H,6-9H2,(H,18,19). The number of benzene rings is 1. The molecule has 0 bridgehead atoms. The van der Waals surface area contributed by atoms with Crippen LogP contribution in [0.15, 0.2) is 36.5 Å². The zero-order valence-corrected chi connectivity index (χ0v) is 10.9. The van der Waals surface area contributed by atoms with Crippen LogP contribution >= 0.6 is 0 Å². The number of hydrogen-bond donors (Lipinski definition) is 1. The van der Waals surface area contributed by atoms with Gasteiger partial charge in [0.15, 0.2) is 0 Å². The number of ether oxygens (including phenoxy) is 1. The number of carboxylic acid groups (broad SMARTS) is 1. The molecule has 0 atom stereocenters. The number of morpholine rings is 1. The first-order valence-electron chi connectivity index (χ1n) is 6.47. The second kappa shape index (κ2) is 5.34. The van der Waals surface area contributed by atoms with Crippen molar-refractivity contribution in [1.82, 2.24) is 9.78 Å². The number of carboxylic acids is 1. The molecule has 104 valence electrons. The van der Waals surface area contributed by atoms with Crippen LogP contribution in [0.5, 0.6) is 0 Å². The number of anilines is 1. The van der Waals surface area contributed by atoms with Crippen molar-refractivity contribution in [2.75, 3.05) is 31.2 Å². The molecule has 1 aromatic carbocycles. The van der Waals surface area contributed by atoms with Gasteiger partial charge in [-0.15, -0.1) is 0 Å². The Morgan fingerprint density at radius 1 is 1.20 bits per heavy atom. The van der Waals surface area contributed by atoms with Crippen LogP contribution in [-0.2, 0) is 4.74 Å². The lowest BCUT2D eigenvalue weighted by Crippen LogP contribution is -2.38. The van der Waals surface area contributed by atoms with Gasteiger partial charge in [0, 0.05) is 13.1 Å². The average molecular weight is 273 g/mol. The van der Waals surface area contributed by atoms with Gasteiger partial charge < -0.3 is 14.7 Å². The smallest absolute Gasteiger partial charge is 0.341 e. The fourth-order valence-corrected chi connectivity index (χ4v) is 2.33. The Hall–Kier alpha value is -2.34. The SMILES string of the molecule is O=C(O)c1cnn(-c2ccccc2)c1N1CCOCC1. The molecule has 0 spiro atoms. The maximum atomic E-state index is 11.4. The van der Waals surface area contributed by atoms with Crippen LogP contribution in [0.3, 0.4) is 0 Å². The first-order valence-corrected chi connectivity index (χ1v) is 6.47. The fraction of sp³-hybridized carbons (Fsp3) is 0.286. The fourth-order valence-electron chi connectivity index (χ4n) is 2.33. The molecule has 0 saturated carbocycles. The minimum absolute atomic E-state index is 0.218. The summed E-state index contributed by atoms with van der Waals surface area (Å²) in [4.78, 5) is 13.4. The van der Waals surface area contributed by atoms with E-state index in [4.69, 9.17) is 4.74 Å². The van der Waals surface area contributed by atoms with E-state index in [1.807, 2.05) is 35.2 Å². The Balaban J connectivity index is 2.08. The highest BCUT2D eigenvalue weighted by atomic mass is 16.5. The molecule has 1 aromatic heterocycles. The third-order valence-electron chi connectivity index (χ3n) is 3.29. The predicted octanol–water partition coefficient (Wildman–Crippen LogP) is 1.41. The number of nitrogens with zero attached hydrogens (tertiary/aromatic N) is 3. The largest absolute Gasteiger partial charge is 0.477 e. The van der Waals surface area contributed by atoms with Gasteiger partial charge in [-0.25, -0.2) is 9.48 Å². The van der Waals surface area contributed by atoms with Gasteiger partial charge in [0.1, 0.15) is 11.4 Å². The summed E-state index contributed by atoms with van der Waals surface area (Å²) in [5.41, 5.74) is 1.07. The lowest BCUT2D eigenvalue weighted by atomic mass is 10.2. The quantitative estimate of drug-likeness (QED) is 0.915. The van der Waals surface area contributed by atoms with Crippen LogP contribution in [0.4, 0.5) is 5.82 Å². The molecule has 1 N–H and O–H groups in total. The summed E-state index contributed by atoms with van der Waals surface area (Å²) in [6, 6.07) is 9.53. The molecule has 1 aliphatic heterocycles. The molecule has 0 amide bonds. The second-order valence-electron chi connectivity index (χ2n) is 4.53. The second-order valence-corrected chi connectivity index (χ2v) is 4.53. The van der Waals surface area contributed by atoms with Gasteiger partial charge in [0.05, 0.1) is 25.1 Å². The Kier molecular flexibility index (Phi) is 3.39. The van der Waals surface area contributed by atoms with Crippen molar-refractivity contribution in [3.05, 3.63) is 42.1 Å². The van der Waals surface area contributed by atoms with Crippen molar-refractivity contribution in [2.45, 2.75) is 0 Å².